The van der Waals surface area contributed by atoms with Crippen LogP contribution in [0.4, 0.5) is 46.5 Å². The van der Waals surface area contributed by atoms with Gasteiger partial charge in [0.05, 0.1) is 9.79 Å². The molecular formula is C52H36N10Na2O12S2. The summed E-state index contributed by atoms with van der Waals surface area (Å²) in [6.45, 7) is 3.53. The number of ether oxygens (including phenoxy) is 2. The number of aromatic nitrogens is 6. The summed E-state index contributed by atoms with van der Waals surface area (Å²) in [6.07, 6.45) is 2.32. The van der Waals surface area contributed by atoms with Gasteiger partial charge in [0.1, 0.15) is 42.9 Å². The Labute approximate surface area is 487 Å². The second-order valence-electron chi connectivity index (χ2n) is 16.5. The van der Waals surface area contributed by atoms with E-state index in [0.717, 1.165) is 24.3 Å². The Bertz CT molecular complexity index is 4020. The Morgan fingerprint density at radius 2 is 0.808 bits per heavy atom. The maximum atomic E-state index is 12.8. The average molecular weight is 1100 g/mol. The van der Waals surface area contributed by atoms with E-state index in [1.807, 2.05) is 12.1 Å². The fourth-order valence-electron chi connectivity index (χ4n) is 7.65. The minimum absolute atomic E-state index is 0. The van der Waals surface area contributed by atoms with Gasteiger partial charge in [0.15, 0.2) is 0 Å². The van der Waals surface area contributed by atoms with Crippen molar-refractivity contribution < 1.29 is 103 Å². The van der Waals surface area contributed by atoms with Crippen molar-refractivity contribution in [2.75, 3.05) is 21.3 Å². The van der Waals surface area contributed by atoms with E-state index in [0.29, 0.717) is 33.3 Å². The minimum Gasteiger partial charge on any atom is -0.744 e. The molecule has 10 rings (SSSR count). The van der Waals surface area contributed by atoms with E-state index in [9.17, 15) is 35.5 Å². The standard InChI is InChI=1S/C52H38N10O12S2.2Na/c1-29-23-45(63)73-41-27-37(19-21-39(29)41)71-51-59-47(53-33-9-5-3-6-10-33)57-49(61-51)55-35-17-15-31(43(25-35)75(65,66)67)13-14-32-16-18-36(26-44(32)76(68,69)70)56-50-58-48(54-34-11-7-4-8-12-34)60-52(62-50)72-38-20-22-40-30(2)24-46(64)74-42(40)28-38;;/h3-28H,1-2H3,(H,65,66,67)(H,68,69,70)(H2,53,55,57,59,61)(H2,54,56,58,60,62);;/q;2*+1/p-2. The number of aryl methyl sites for hydroxylation is 2. The molecule has 0 bridgehead atoms. The van der Waals surface area contributed by atoms with E-state index >= 15 is 0 Å². The van der Waals surface area contributed by atoms with Crippen LogP contribution in [0.25, 0.3) is 34.1 Å². The number of hydrogen-bond donors (Lipinski definition) is 4. The summed E-state index contributed by atoms with van der Waals surface area (Å²) < 4.78 is 99.3. The molecule has 0 fully saturated rings. The zero-order valence-corrected chi connectivity index (χ0v) is 47.0. The van der Waals surface area contributed by atoms with E-state index in [-0.39, 0.29) is 140 Å². The molecule has 0 saturated carbocycles. The molecule has 4 aromatic heterocycles. The Morgan fingerprint density at radius 3 is 1.17 bits per heavy atom. The largest absolute Gasteiger partial charge is 1.00 e. The summed E-state index contributed by atoms with van der Waals surface area (Å²) in [5.74, 6) is 0.128. The van der Waals surface area contributed by atoms with Crippen LogP contribution in [0, 0.1) is 13.8 Å². The molecule has 6 aromatic carbocycles. The van der Waals surface area contributed by atoms with Gasteiger partial charge in [0.2, 0.25) is 23.8 Å². The molecule has 0 aliphatic carbocycles. The number of para-hydroxylation sites is 2. The van der Waals surface area contributed by atoms with Crippen LogP contribution in [0.3, 0.4) is 0 Å². The van der Waals surface area contributed by atoms with E-state index in [2.05, 4.69) is 51.2 Å². The number of benzene rings is 6. The smallest absolute Gasteiger partial charge is 0.744 e. The van der Waals surface area contributed by atoms with Crippen molar-refractivity contribution in [3.8, 4) is 23.5 Å². The number of fused-ring (bicyclic) bond motifs is 2. The van der Waals surface area contributed by atoms with Crippen LogP contribution in [-0.2, 0) is 20.2 Å². The molecule has 4 heterocycles. The molecule has 380 valence electrons. The Balaban J connectivity index is 0.00000401. The van der Waals surface area contributed by atoms with Gasteiger partial charge in [-0.1, -0.05) is 60.7 Å². The van der Waals surface area contributed by atoms with Crippen molar-refractivity contribution >= 4 is 101 Å². The molecule has 0 amide bonds. The topological polar surface area (TPSA) is 319 Å². The molecule has 22 nitrogen and oxygen atoms in total. The van der Waals surface area contributed by atoms with Gasteiger partial charge in [-0.25, -0.2) is 26.4 Å². The quantitative estimate of drug-likeness (QED) is 0.0466. The van der Waals surface area contributed by atoms with Crippen molar-refractivity contribution in [3.63, 3.8) is 0 Å². The van der Waals surface area contributed by atoms with Gasteiger partial charge >= 0.3 is 82.4 Å². The van der Waals surface area contributed by atoms with Crippen LogP contribution in [0.2, 0.25) is 0 Å². The molecule has 0 atom stereocenters. The summed E-state index contributed by atoms with van der Waals surface area (Å²) >= 11 is 0. The van der Waals surface area contributed by atoms with Gasteiger partial charge in [0.25, 0.3) is 0 Å². The summed E-state index contributed by atoms with van der Waals surface area (Å²) in [7, 11) is -10.4. The maximum absolute atomic E-state index is 12.8. The number of hydrogen-bond acceptors (Lipinski definition) is 22. The van der Waals surface area contributed by atoms with Crippen LogP contribution >= 0.6 is 0 Å². The van der Waals surface area contributed by atoms with Crippen molar-refractivity contribution in [2.24, 2.45) is 0 Å². The normalized spacial score (nSPS) is 11.4. The number of nitrogens with one attached hydrogen (secondary N) is 4. The molecule has 0 unspecified atom stereocenters. The predicted molar refractivity (Wildman–Crippen MR) is 278 cm³/mol. The van der Waals surface area contributed by atoms with E-state index in [1.54, 1.807) is 86.6 Å². The van der Waals surface area contributed by atoms with Crippen molar-refractivity contribution in [1.29, 1.82) is 0 Å². The van der Waals surface area contributed by atoms with Gasteiger partial charge in [-0.3, -0.25) is 0 Å². The number of rotatable bonds is 16. The van der Waals surface area contributed by atoms with Gasteiger partial charge < -0.3 is 48.7 Å². The third-order valence-electron chi connectivity index (χ3n) is 11.1. The van der Waals surface area contributed by atoms with Gasteiger partial charge in [-0.15, -0.1) is 0 Å². The monoisotopic (exact) mass is 1100 g/mol. The molecule has 0 radical (unpaired) electrons. The number of anilines is 8. The van der Waals surface area contributed by atoms with E-state index < -0.39 is 41.3 Å². The number of nitrogens with zero attached hydrogens (tertiary/aromatic N) is 6. The van der Waals surface area contributed by atoms with Gasteiger partial charge in [0, 0.05) is 57.8 Å². The van der Waals surface area contributed by atoms with Crippen LogP contribution in [-0.4, -0.2) is 55.8 Å². The van der Waals surface area contributed by atoms with Gasteiger partial charge in [-0.2, -0.15) is 29.9 Å². The van der Waals surface area contributed by atoms with Crippen LogP contribution in [0.15, 0.2) is 174 Å². The van der Waals surface area contributed by atoms with E-state index in [4.69, 9.17) is 18.3 Å². The molecule has 0 saturated heterocycles. The fourth-order valence-corrected chi connectivity index (χ4v) is 9.04. The molecule has 10 aromatic rings. The second-order valence-corrected chi connectivity index (χ2v) is 19.2. The molecule has 4 N–H and O–H groups in total. The zero-order valence-electron chi connectivity index (χ0n) is 41.4. The molecule has 0 aliphatic rings. The van der Waals surface area contributed by atoms with Crippen molar-refractivity contribution in [1.82, 2.24) is 29.9 Å². The Kier molecular flexibility index (Phi) is 17.2. The van der Waals surface area contributed by atoms with Crippen molar-refractivity contribution in [2.45, 2.75) is 23.6 Å². The first-order valence-electron chi connectivity index (χ1n) is 22.5. The average Bonchev–Trinajstić information content (AvgIpc) is 3.37. The summed E-state index contributed by atoms with van der Waals surface area (Å²) in [6, 6.07) is 37.1. The second kappa shape index (κ2) is 23.8. The third kappa shape index (κ3) is 13.8. The van der Waals surface area contributed by atoms with Gasteiger partial charge in [-0.05, 0) is 109 Å². The van der Waals surface area contributed by atoms with Crippen LogP contribution in [0.5, 0.6) is 23.5 Å². The molecule has 26 heteroatoms. The molecule has 78 heavy (non-hydrogen) atoms. The van der Waals surface area contributed by atoms with Crippen molar-refractivity contribution in [3.05, 3.63) is 189 Å². The van der Waals surface area contributed by atoms with E-state index in [1.165, 1.54) is 48.5 Å². The fraction of sp³-hybridized carbons (Fsp3) is 0.0385. The SMILES string of the molecule is Cc1cc(=O)oc2cc(Oc3nc(Nc4ccccc4)nc(Nc4ccc(C=Cc5ccc(Nc6nc(Nc7ccccc7)nc(Oc7ccc8c(C)cc(=O)oc8c7)n6)cc5S(=O)(=O)[O-])c(S(=O)(=O)[O-])c4)n3)ccc12.[Na+].[Na+]. The first kappa shape index (κ1) is 56.3. The minimum atomic E-state index is -5.22. The molecular weight excluding hydrogens is 1070 g/mol. The van der Waals surface area contributed by atoms with Crippen LogP contribution in [0.1, 0.15) is 22.3 Å². The maximum Gasteiger partial charge on any atom is 1.00 e. The first-order chi connectivity index (χ1) is 36.4. The summed E-state index contributed by atoms with van der Waals surface area (Å²) in [5.41, 5.74) is 1.75. The van der Waals surface area contributed by atoms with Crippen LogP contribution < -0.4 is 101 Å². The molecule has 0 aliphatic heterocycles. The molecule has 0 spiro atoms. The first-order valence-corrected chi connectivity index (χ1v) is 25.3. The summed E-state index contributed by atoms with van der Waals surface area (Å²) in [4.78, 5) is 48.9. The predicted octanol–water partition coefficient (Wildman–Crippen LogP) is 3.43. The summed E-state index contributed by atoms with van der Waals surface area (Å²) in [5, 5.41) is 13.2. The Morgan fingerprint density at radius 1 is 0.449 bits per heavy atom. The Hall–Kier alpha value is -7.88. The zero-order chi connectivity index (χ0) is 53.1. The third-order valence-corrected chi connectivity index (χ3v) is 12.9.